The molecule has 0 bridgehead atoms. The molecule has 0 aliphatic heterocycles. The number of benzene rings is 1. The Kier molecular flexibility index (Phi) is 7.07. The molecule has 0 saturated heterocycles. The van der Waals surface area contributed by atoms with Crippen molar-refractivity contribution >= 4 is 28.5 Å². The molecule has 0 aliphatic rings. The number of unbranched alkanes of at least 4 members (excludes halogenated alkanes) is 2. The number of nitrogens with zero attached hydrogens (tertiary/aromatic N) is 4. The minimum Gasteiger partial charge on any atom is -0.497 e. The standard InChI is InChI=1S/C22H31N5O3/c1-14(2)21-25-26-22-20(23-12-8-6-7-9-19(28)30-15(3)4)24-17-13-16(29-5)10-11-18(17)27(21)22/h10-11,13-15H,6-9,12H2,1-5H3,(H,23,24). The predicted octanol–water partition coefficient (Wildman–Crippen LogP) is 4.33. The largest absolute Gasteiger partial charge is 0.497 e. The third-order valence-corrected chi connectivity index (χ3v) is 4.79. The number of anilines is 1. The molecule has 1 N–H and O–H groups in total. The number of hydrogen-bond acceptors (Lipinski definition) is 7. The normalized spacial score (nSPS) is 11.6. The number of esters is 1. The zero-order valence-electron chi connectivity index (χ0n) is 18.4. The van der Waals surface area contributed by atoms with Crippen molar-refractivity contribution in [3.05, 3.63) is 24.0 Å². The lowest BCUT2D eigenvalue weighted by atomic mass is 10.2. The molecule has 30 heavy (non-hydrogen) atoms. The van der Waals surface area contributed by atoms with Crippen molar-refractivity contribution in [1.82, 2.24) is 19.6 Å². The molecule has 3 rings (SSSR count). The van der Waals surface area contributed by atoms with E-state index < -0.39 is 0 Å². The van der Waals surface area contributed by atoms with Crippen molar-refractivity contribution in [1.29, 1.82) is 0 Å². The SMILES string of the molecule is COc1ccc2c(c1)nc(NCCCCCC(=O)OC(C)C)c1nnc(C(C)C)n12. The Morgan fingerprint density at radius 1 is 1.13 bits per heavy atom. The van der Waals surface area contributed by atoms with E-state index in [0.29, 0.717) is 12.2 Å². The maximum Gasteiger partial charge on any atom is 0.306 e. The van der Waals surface area contributed by atoms with E-state index in [0.717, 1.165) is 54.1 Å². The van der Waals surface area contributed by atoms with Gasteiger partial charge in [-0.3, -0.25) is 9.20 Å². The Balaban J connectivity index is 1.72. The fourth-order valence-electron chi connectivity index (χ4n) is 3.36. The van der Waals surface area contributed by atoms with E-state index in [2.05, 4.69) is 33.8 Å². The summed E-state index contributed by atoms with van der Waals surface area (Å²) in [6.45, 7) is 8.67. The molecule has 0 unspecified atom stereocenters. The highest BCUT2D eigenvalue weighted by atomic mass is 16.5. The molecule has 0 aliphatic carbocycles. The van der Waals surface area contributed by atoms with Crippen LogP contribution in [-0.4, -0.2) is 45.3 Å². The highest BCUT2D eigenvalue weighted by molar-refractivity contribution is 5.84. The van der Waals surface area contributed by atoms with Gasteiger partial charge in [-0.25, -0.2) is 4.98 Å². The molecule has 1 aromatic carbocycles. The second-order valence-electron chi connectivity index (χ2n) is 7.96. The fraction of sp³-hybridized carbons (Fsp3) is 0.545. The number of nitrogens with one attached hydrogen (secondary N) is 1. The number of methoxy groups -OCH3 is 1. The highest BCUT2D eigenvalue weighted by Gasteiger charge is 2.17. The van der Waals surface area contributed by atoms with Crippen molar-refractivity contribution in [3.63, 3.8) is 0 Å². The number of carbonyl (C=O) groups is 1. The second-order valence-corrected chi connectivity index (χ2v) is 7.96. The van der Waals surface area contributed by atoms with Gasteiger partial charge in [-0.2, -0.15) is 0 Å². The zero-order chi connectivity index (χ0) is 21.7. The van der Waals surface area contributed by atoms with E-state index in [-0.39, 0.29) is 18.0 Å². The molecule has 3 aromatic rings. The molecular weight excluding hydrogens is 382 g/mol. The van der Waals surface area contributed by atoms with Gasteiger partial charge in [0.1, 0.15) is 11.6 Å². The number of ether oxygens (including phenoxy) is 2. The molecule has 162 valence electrons. The Morgan fingerprint density at radius 3 is 2.63 bits per heavy atom. The molecule has 2 aromatic heterocycles. The van der Waals surface area contributed by atoms with Gasteiger partial charge < -0.3 is 14.8 Å². The Morgan fingerprint density at radius 2 is 1.93 bits per heavy atom. The highest BCUT2D eigenvalue weighted by Crippen LogP contribution is 2.27. The van der Waals surface area contributed by atoms with Gasteiger partial charge in [0.15, 0.2) is 5.82 Å². The number of carbonyl (C=O) groups excluding carboxylic acids is 1. The van der Waals surface area contributed by atoms with Crippen molar-refractivity contribution in [2.24, 2.45) is 0 Å². The van der Waals surface area contributed by atoms with Crippen LogP contribution in [0.25, 0.3) is 16.7 Å². The Bertz CT molecular complexity index is 1010. The van der Waals surface area contributed by atoms with Gasteiger partial charge >= 0.3 is 5.97 Å². The summed E-state index contributed by atoms with van der Waals surface area (Å²) in [7, 11) is 1.65. The maximum absolute atomic E-state index is 11.6. The second kappa shape index (κ2) is 9.73. The summed E-state index contributed by atoms with van der Waals surface area (Å²) in [5.41, 5.74) is 2.49. The van der Waals surface area contributed by atoms with Gasteiger partial charge in [-0.15, -0.1) is 10.2 Å². The van der Waals surface area contributed by atoms with Crippen molar-refractivity contribution in [3.8, 4) is 5.75 Å². The molecule has 2 heterocycles. The average molecular weight is 414 g/mol. The Labute approximate surface area is 177 Å². The lowest BCUT2D eigenvalue weighted by Gasteiger charge is -2.12. The minimum atomic E-state index is -0.130. The van der Waals surface area contributed by atoms with Crippen LogP contribution in [0.15, 0.2) is 18.2 Å². The molecule has 0 atom stereocenters. The first-order valence-corrected chi connectivity index (χ1v) is 10.6. The molecule has 0 saturated carbocycles. The number of fused-ring (bicyclic) bond motifs is 3. The van der Waals surface area contributed by atoms with E-state index >= 15 is 0 Å². The lowest BCUT2D eigenvalue weighted by Crippen LogP contribution is -2.11. The summed E-state index contributed by atoms with van der Waals surface area (Å²) >= 11 is 0. The van der Waals surface area contributed by atoms with E-state index in [4.69, 9.17) is 14.5 Å². The molecule has 8 heteroatoms. The van der Waals surface area contributed by atoms with Gasteiger partial charge in [-0.05, 0) is 38.8 Å². The number of aromatic nitrogens is 4. The summed E-state index contributed by atoms with van der Waals surface area (Å²) in [6, 6.07) is 5.83. The minimum absolute atomic E-state index is 0.0573. The summed E-state index contributed by atoms with van der Waals surface area (Å²) in [5.74, 6) is 2.46. The molecular formula is C22H31N5O3. The monoisotopic (exact) mass is 413 g/mol. The first kappa shape index (κ1) is 21.8. The van der Waals surface area contributed by atoms with Gasteiger partial charge in [-0.1, -0.05) is 20.3 Å². The molecule has 0 fully saturated rings. The van der Waals surface area contributed by atoms with Crippen molar-refractivity contribution in [2.75, 3.05) is 19.0 Å². The smallest absolute Gasteiger partial charge is 0.306 e. The van der Waals surface area contributed by atoms with Crippen LogP contribution in [0.1, 0.15) is 65.1 Å². The number of hydrogen-bond donors (Lipinski definition) is 1. The Hall–Kier alpha value is -2.90. The van der Waals surface area contributed by atoms with Crippen LogP contribution in [0, 0.1) is 0 Å². The molecule has 0 amide bonds. The van der Waals surface area contributed by atoms with Gasteiger partial charge in [0.25, 0.3) is 0 Å². The summed E-state index contributed by atoms with van der Waals surface area (Å²) < 4.78 is 12.6. The van der Waals surface area contributed by atoms with Gasteiger partial charge in [0, 0.05) is 24.9 Å². The molecule has 0 spiro atoms. The lowest BCUT2D eigenvalue weighted by molar-refractivity contribution is -0.147. The van der Waals surface area contributed by atoms with E-state index in [1.807, 2.05) is 32.0 Å². The van der Waals surface area contributed by atoms with Crippen molar-refractivity contribution in [2.45, 2.75) is 65.4 Å². The fourth-order valence-corrected chi connectivity index (χ4v) is 3.36. The first-order chi connectivity index (χ1) is 14.4. The van der Waals surface area contributed by atoms with Crippen LogP contribution in [0.3, 0.4) is 0 Å². The van der Waals surface area contributed by atoms with E-state index in [1.165, 1.54) is 0 Å². The topological polar surface area (TPSA) is 90.6 Å². The number of rotatable bonds is 10. The van der Waals surface area contributed by atoms with Crippen LogP contribution >= 0.6 is 0 Å². The predicted molar refractivity (Wildman–Crippen MR) is 117 cm³/mol. The zero-order valence-corrected chi connectivity index (χ0v) is 18.4. The first-order valence-electron chi connectivity index (χ1n) is 10.6. The summed E-state index contributed by atoms with van der Waals surface area (Å²) in [6.07, 6.45) is 3.07. The van der Waals surface area contributed by atoms with Crippen LogP contribution in [0.5, 0.6) is 5.75 Å². The van der Waals surface area contributed by atoms with Gasteiger partial charge in [0.05, 0.1) is 24.2 Å². The van der Waals surface area contributed by atoms with E-state index in [9.17, 15) is 4.79 Å². The molecule has 0 radical (unpaired) electrons. The summed E-state index contributed by atoms with van der Waals surface area (Å²) in [4.78, 5) is 16.4. The maximum atomic E-state index is 11.6. The van der Waals surface area contributed by atoms with Crippen LogP contribution < -0.4 is 10.1 Å². The average Bonchev–Trinajstić information content (AvgIpc) is 3.15. The third-order valence-electron chi connectivity index (χ3n) is 4.79. The summed E-state index contributed by atoms with van der Waals surface area (Å²) in [5, 5.41) is 12.2. The van der Waals surface area contributed by atoms with Crippen molar-refractivity contribution < 1.29 is 14.3 Å². The molecule has 8 nitrogen and oxygen atoms in total. The van der Waals surface area contributed by atoms with Gasteiger partial charge in [0.2, 0.25) is 5.65 Å². The van der Waals surface area contributed by atoms with Crippen LogP contribution in [-0.2, 0) is 9.53 Å². The van der Waals surface area contributed by atoms with Crippen LogP contribution in [0.2, 0.25) is 0 Å². The van der Waals surface area contributed by atoms with Crippen LogP contribution in [0.4, 0.5) is 5.82 Å². The quantitative estimate of drug-likeness (QED) is 0.391. The van der Waals surface area contributed by atoms with E-state index in [1.54, 1.807) is 7.11 Å². The third kappa shape index (κ3) is 4.98.